The molecule has 0 heterocycles. The standard InChI is InChI=1S/C15H14BrF2NO/c1-20-13-4-2-10(15(18)7-13)8-19-9-11-6-12(16)3-5-14(11)17/h2-7,19H,8-9H2,1H3. The number of methoxy groups -OCH3 is 1. The van der Waals surface area contributed by atoms with Gasteiger partial charge in [0.2, 0.25) is 0 Å². The molecular formula is C15H14BrF2NO. The summed E-state index contributed by atoms with van der Waals surface area (Å²) in [5.74, 6) is -0.147. The summed E-state index contributed by atoms with van der Waals surface area (Å²) in [6, 6.07) is 9.42. The fraction of sp³-hybridized carbons (Fsp3) is 0.200. The molecule has 0 aliphatic carbocycles. The Bertz CT molecular complexity index is 604. The molecular weight excluding hydrogens is 328 g/mol. The van der Waals surface area contributed by atoms with Gasteiger partial charge in [0.1, 0.15) is 17.4 Å². The Balaban J connectivity index is 1.97. The van der Waals surface area contributed by atoms with Crippen LogP contribution in [0.1, 0.15) is 11.1 Å². The first-order valence-corrected chi connectivity index (χ1v) is 6.86. The van der Waals surface area contributed by atoms with Gasteiger partial charge in [0.15, 0.2) is 0 Å². The Morgan fingerprint density at radius 3 is 2.45 bits per heavy atom. The van der Waals surface area contributed by atoms with Gasteiger partial charge in [-0.15, -0.1) is 0 Å². The van der Waals surface area contributed by atoms with E-state index in [1.165, 1.54) is 19.2 Å². The minimum atomic E-state index is -0.341. The summed E-state index contributed by atoms with van der Waals surface area (Å²) < 4.78 is 33.0. The van der Waals surface area contributed by atoms with Gasteiger partial charge in [-0.05, 0) is 24.3 Å². The lowest BCUT2D eigenvalue weighted by molar-refractivity contribution is 0.410. The topological polar surface area (TPSA) is 21.3 Å². The molecule has 2 rings (SSSR count). The van der Waals surface area contributed by atoms with Gasteiger partial charge in [-0.1, -0.05) is 22.0 Å². The maximum Gasteiger partial charge on any atom is 0.131 e. The SMILES string of the molecule is COc1ccc(CNCc2cc(Br)ccc2F)c(F)c1. The molecule has 0 unspecified atom stereocenters. The fourth-order valence-electron chi connectivity index (χ4n) is 1.81. The molecule has 20 heavy (non-hydrogen) atoms. The Morgan fingerprint density at radius 1 is 1.00 bits per heavy atom. The Kier molecular flexibility index (Phi) is 5.09. The summed E-state index contributed by atoms with van der Waals surface area (Å²) in [5, 5.41) is 3.02. The van der Waals surface area contributed by atoms with Crippen LogP contribution >= 0.6 is 15.9 Å². The van der Waals surface area contributed by atoms with Gasteiger partial charge in [-0.2, -0.15) is 0 Å². The van der Waals surface area contributed by atoms with E-state index in [-0.39, 0.29) is 11.6 Å². The van der Waals surface area contributed by atoms with Crippen molar-refractivity contribution in [3.05, 3.63) is 63.6 Å². The minimum absolute atomic E-state index is 0.282. The van der Waals surface area contributed by atoms with Crippen molar-refractivity contribution in [2.45, 2.75) is 13.1 Å². The minimum Gasteiger partial charge on any atom is -0.497 e. The van der Waals surface area contributed by atoms with Gasteiger partial charge < -0.3 is 10.1 Å². The molecule has 106 valence electrons. The van der Waals surface area contributed by atoms with E-state index in [0.29, 0.717) is 30.0 Å². The van der Waals surface area contributed by atoms with Crippen LogP contribution in [0.3, 0.4) is 0 Å². The lowest BCUT2D eigenvalue weighted by Gasteiger charge is -2.08. The first-order chi connectivity index (χ1) is 9.60. The van der Waals surface area contributed by atoms with Crippen LogP contribution in [0, 0.1) is 11.6 Å². The predicted octanol–water partition coefficient (Wildman–Crippen LogP) is 4.03. The molecule has 2 nitrogen and oxygen atoms in total. The van der Waals surface area contributed by atoms with Gasteiger partial charge in [0.05, 0.1) is 7.11 Å². The second-order valence-corrected chi connectivity index (χ2v) is 5.21. The van der Waals surface area contributed by atoms with Crippen LogP contribution in [-0.2, 0) is 13.1 Å². The van der Waals surface area contributed by atoms with Crippen molar-refractivity contribution < 1.29 is 13.5 Å². The van der Waals surface area contributed by atoms with Crippen molar-refractivity contribution >= 4 is 15.9 Å². The Hall–Kier alpha value is -1.46. The van der Waals surface area contributed by atoms with Crippen LogP contribution in [0.2, 0.25) is 0 Å². The molecule has 0 bridgehead atoms. The van der Waals surface area contributed by atoms with E-state index in [9.17, 15) is 8.78 Å². The first-order valence-electron chi connectivity index (χ1n) is 6.07. The van der Waals surface area contributed by atoms with E-state index >= 15 is 0 Å². The smallest absolute Gasteiger partial charge is 0.131 e. The lowest BCUT2D eigenvalue weighted by atomic mass is 10.2. The zero-order chi connectivity index (χ0) is 14.5. The summed E-state index contributed by atoms with van der Waals surface area (Å²) in [6.45, 7) is 0.651. The van der Waals surface area contributed by atoms with Crippen LogP contribution in [0.15, 0.2) is 40.9 Å². The highest BCUT2D eigenvalue weighted by Gasteiger charge is 2.06. The number of rotatable bonds is 5. The largest absolute Gasteiger partial charge is 0.497 e. The third-order valence-corrected chi connectivity index (χ3v) is 3.39. The van der Waals surface area contributed by atoms with Gasteiger partial charge >= 0.3 is 0 Å². The number of hydrogen-bond donors (Lipinski definition) is 1. The van der Waals surface area contributed by atoms with E-state index in [1.54, 1.807) is 24.3 Å². The van der Waals surface area contributed by atoms with Crippen molar-refractivity contribution in [1.82, 2.24) is 5.32 Å². The van der Waals surface area contributed by atoms with Crippen LogP contribution < -0.4 is 10.1 Å². The average molecular weight is 342 g/mol. The van der Waals surface area contributed by atoms with Crippen molar-refractivity contribution in [1.29, 1.82) is 0 Å². The summed E-state index contributed by atoms with van der Waals surface area (Å²) in [6.07, 6.45) is 0. The van der Waals surface area contributed by atoms with Crippen LogP contribution in [0.5, 0.6) is 5.75 Å². The van der Waals surface area contributed by atoms with E-state index in [2.05, 4.69) is 21.2 Å². The highest BCUT2D eigenvalue weighted by Crippen LogP contribution is 2.17. The molecule has 0 saturated heterocycles. The molecule has 0 atom stereocenters. The quantitative estimate of drug-likeness (QED) is 0.886. The summed E-state index contributed by atoms with van der Waals surface area (Å²) >= 11 is 3.29. The number of benzene rings is 2. The predicted molar refractivity (Wildman–Crippen MR) is 77.6 cm³/mol. The fourth-order valence-corrected chi connectivity index (χ4v) is 2.22. The number of ether oxygens (including phenoxy) is 1. The third kappa shape index (κ3) is 3.77. The van der Waals surface area contributed by atoms with E-state index in [4.69, 9.17) is 4.74 Å². The van der Waals surface area contributed by atoms with E-state index in [1.807, 2.05) is 0 Å². The van der Waals surface area contributed by atoms with Gasteiger partial charge in [0, 0.05) is 34.8 Å². The molecule has 2 aromatic carbocycles. The first kappa shape index (κ1) is 14.9. The second-order valence-electron chi connectivity index (χ2n) is 4.30. The lowest BCUT2D eigenvalue weighted by Crippen LogP contribution is -2.14. The summed E-state index contributed by atoms with van der Waals surface area (Å²) in [4.78, 5) is 0. The maximum atomic E-state index is 13.7. The number of hydrogen-bond acceptors (Lipinski definition) is 2. The monoisotopic (exact) mass is 341 g/mol. The van der Waals surface area contributed by atoms with Crippen molar-refractivity contribution in [3.63, 3.8) is 0 Å². The van der Waals surface area contributed by atoms with Crippen LogP contribution in [-0.4, -0.2) is 7.11 Å². The molecule has 5 heteroatoms. The zero-order valence-corrected chi connectivity index (χ0v) is 12.5. The van der Waals surface area contributed by atoms with Gasteiger partial charge in [-0.3, -0.25) is 0 Å². The number of halogens is 3. The second kappa shape index (κ2) is 6.81. The maximum absolute atomic E-state index is 13.7. The Morgan fingerprint density at radius 2 is 1.75 bits per heavy atom. The molecule has 0 aliphatic rings. The molecule has 0 radical (unpaired) electrons. The molecule has 0 fully saturated rings. The summed E-state index contributed by atoms with van der Waals surface area (Å²) in [7, 11) is 1.49. The molecule has 0 saturated carbocycles. The molecule has 0 spiro atoms. The molecule has 0 aliphatic heterocycles. The molecule has 0 amide bonds. The van der Waals surface area contributed by atoms with E-state index in [0.717, 1.165) is 4.47 Å². The highest BCUT2D eigenvalue weighted by molar-refractivity contribution is 9.10. The normalized spacial score (nSPS) is 10.6. The van der Waals surface area contributed by atoms with E-state index < -0.39 is 0 Å². The summed E-state index contributed by atoms with van der Waals surface area (Å²) in [5.41, 5.74) is 1.05. The average Bonchev–Trinajstić information content (AvgIpc) is 2.44. The van der Waals surface area contributed by atoms with Gasteiger partial charge in [-0.25, -0.2) is 8.78 Å². The van der Waals surface area contributed by atoms with Crippen molar-refractivity contribution in [3.8, 4) is 5.75 Å². The van der Waals surface area contributed by atoms with Crippen molar-refractivity contribution in [2.24, 2.45) is 0 Å². The number of nitrogens with one attached hydrogen (secondary N) is 1. The molecule has 0 aromatic heterocycles. The Labute approximate surface area is 124 Å². The van der Waals surface area contributed by atoms with Gasteiger partial charge in [0.25, 0.3) is 0 Å². The molecule has 1 N–H and O–H groups in total. The molecule has 2 aromatic rings. The van der Waals surface area contributed by atoms with Crippen LogP contribution in [0.4, 0.5) is 8.78 Å². The highest BCUT2D eigenvalue weighted by atomic mass is 79.9. The van der Waals surface area contributed by atoms with Crippen LogP contribution in [0.25, 0.3) is 0 Å². The third-order valence-electron chi connectivity index (χ3n) is 2.90. The van der Waals surface area contributed by atoms with Crippen molar-refractivity contribution in [2.75, 3.05) is 7.11 Å². The zero-order valence-electron chi connectivity index (χ0n) is 10.9.